The molecule has 1 aromatic heterocycles. The van der Waals surface area contributed by atoms with Crippen LogP contribution in [0.1, 0.15) is 29.2 Å². The highest BCUT2D eigenvalue weighted by atomic mass is 32.2. The van der Waals surface area contributed by atoms with E-state index >= 15 is 0 Å². The molecule has 1 unspecified atom stereocenters. The Bertz CT molecular complexity index is 981. The number of benzene rings is 2. The average Bonchev–Trinajstić information content (AvgIpc) is 3.43. The zero-order chi connectivity index (χ0) is 19.7. The van der Waals surface area contributed by atoms with Gasteiger partial charge in [0.05, 0.1) is 0 Å². The van der Waals surface area contributed by atoms with E-state index < -0.39 is 5.25 Å². The number of thioether (sulfide) groups is 1. The van der Waals surface area contributed by atoms with Crippen LogP contribution in [-0.4, -0.2) is 26.7 Å². The molecule has 1 N–H and O–H groups in total. The summed E-state index contributed by atoms with van der Waals surface area (Å²) in [6.07, 6.45) is 2.02. The van der Waals surface area contributed by atoms with Crippen LogP contribution in [0.3, 0.4) is 0 Å². The largest absolute Gasteiger partial charge is 0.352 e. The van der Waals surface area contributed by atoms with Crippen molar-refractivity contribution in [3.8, 4) is 11.4 Å². The molecular weight excluding hydrogens is 375 g/mol. The van der Waals surface area contributed by atoms with E-state index in [1.54, 1.807) is 12.1 Å². The smallest absolute Gasteiger partial charge is 0.238 e. The summed E-state index contributed by atoms with van der Waals surface area (Å²) < 4.78 is 15.2. The summed E-state index contributed by atoms with van der Waals surface area (Å²) >= 11 is 1.33. The molecule has 4 rings (SSSR count). The summed E-state index contributed by atoms with van der Waals surface area (Å²) in [5.41, 5.74) is 2.88. The summed E-state index contributed by atoms with van der Waals surface area (Å²) in [6.45, 7) is 2.04. The third-order valence-corrected chi connectivity index (χ3v) is 5.99. The Labute approximate surface area is 167 Å². The zero-order valence-corrected chi connectivity index (χ0v) is 16.5. The van der Waals surface area contributed by atoms with Gasteiger partial charge in [-0.25, -0.2) is 4.39 Å². The molecule has 1 heterocycles. The number of hydrogen-bond donors (Lipinski definition) is 1. The zero-order valence-electron chi connectivity index (χ0n) is 15.7. The van der Waals surface area contributed by atoms with Crippen LogP contribution < -0.4 is 5.32 Å². The fourth-order valence-electron chi connectivity index (χ4n) is 2.89. The predicted molar refractivity (Wildman–Crippen MR) is 107 cm³/mol. The molecule has 5 nitrogen and oxygen atoms in total. The lowest BCUT2D eigenvalue weighted by Crippen LogP contribution is -2.30. The number of rotatable bonds is 6. The second-order valence-electron chi connectivity index (χ2n) is 7.06. The third-order valence-electron chi connectivity index (χ3n) is 4.70. The van der Waals surface area contributed by atoms with Crippen molar-refractivity contribution in [1.29, 1.82) is 0 Å². The Hall–Kier alpha value is -2.67. The SMILES string of the molecule is Cc1ccc(-c2nnc(SC(C(=O)NC3CC3)c3ccc(F)cc3)n2C)cc1. The maximum Gasteiger partial charge on any atom is 0.238 e. The highest BCUT2D eigenvalue weighted by molar-refractivity contribution is 8.00. The van der Waals surface area contributed by atoms with Crippen molar-refractivity contribution in [2.24, 2.45) is 7.05 Å². The molecule has 1 aliphatic carbocycles. The van der Waals surface area contributed by atoms with E-state index in [2.05, 4.69) is 15.5 Å². The van der Waals surface area contributed by atoms with Crippen LogP contribution in [0.2, 0.25) is 0 Å². The standard InChI is InChI=1S/C21H21FN4OS/c1-13-3-5-15(6-4-13)19-24-25-21(26(19)2)28-18(20(27)23-17-11-12-17)14-7-9-16(22)10-8-14/h3-10,17-18H,11-12H2,1-2H3,(H,23,27). The highest BCUT2D eigenvalue weighted by Gasteiger charge is 2.30. The highest BCUT2D eigenvalue weighted by Crippen LogP contribution is 2.36. The van der Waals surface area contributed by atoms with Gasteiger partial charge in [-0.1, -0.05) is 53.7 Å². The number of carbonyl (C=O) groups excluding carboxylic acids is 1. The predicted octanol–water partition coefficient (Wildman–Crippen LogP) is 4.04. The van der Waals surface area contributed by atoms with Crippen LogP contribution in [0.4, 0.5) is 4.39 Å². The first-order valence-corrected chi connectivity index (χ1v) is 10.1. The molecule has 1 fully saturated rings. The second kappa shape index (κ2) is 7.75. The van der Waals surface area contributed by atoms with E-state index in [4.69, 9.17) is 0 Å². The first-order chi connectivity index (χ1) is 13.5. The van der Waals surface area contributed by atoms with Gasteiger partial charge in [0.15, 0.2) is 11.0 Å². The van der Waals surface area contributed by atoms with E-state index in [1.165, 1.54) is 29.5 Å². The Morgan fingerprint density at radius 3 is 2.46 bits per heavy atom. The molecule has 1 saturated carbocycles. The number of halogens is 1. The second-order valence-corrected chi connectivity index (χ2v) is 8.14. The molecule has 1 atom stereocenters. The molecule has 0 spiro atoms. The molecular formula is C21H21FN4OS. The van der Waals surface area contributed by atoms with Crippen molar-refractivity contribution in [2.45, 2.75) is 36.2 Å². The Balaban J connectivity index is 1.62. The van der Waals surface area contributed by atoms with Crippen LogP contribution in [-0.2, 0) is 11.8 Å². The number of aryl methyl sites for hydroxylation is 1. The molecule has 0 radical (unpaired) electrons. The van der Waals surface area contributed by atoms with Crippen LogP contribution >= 0.6 is 11.8 Å². The van der Waals surface area contributed by atoms with Crippen molar-refractivity contribution in [2.75, 3.05) is 0 Å². The van der Waals surface area contributed by atoms with Crippen molar-refractivity contribution in [3.05, 3.63) is 65.5 Å². The van der Waals surface area contributed by atoms with Gasteiger partial charge in [-0.3, -0.25) is 4.79 Å². The Morgan fingerprint density at radius 1 is 1.14 bits per heavy atom. The van der Waals surface area contributed by atoms with Crippen LogP contribution in [0, 0.1) is 12.7 Å². The summed E-state index contributed by atoms with van der Waals surface area (Å²) in [7, 11) is 1.89. The number of nitrogens with one attached hydrogen (secondary N) is 1. The maximum absolute atomic E-state index is 13.3. The minimum atomic E-state index is -0.519. The van der Waals surface area contributed by atoms with E-state index in [9.17, 15) is 9.18 Å². The monoisotopic (exact) mass is 396 g/mol. The molecule has 144 valence electrons. The van der Waals surface area contributed by atoms with Crippen molar-refractivity contribution in [1.82, 2.24) is 20.1 Å². The van der Waals surface area contributed by atoms with Gasteiger partial charge in [0.2, 0.25) is 5.91 Å². The van der Waals surface area contributed by atoms with E-state index in [0.717, 1.165) is 29.8 Å². The molecule has 3 aromatic rings. The van der Waals surface area contributed by atoms with E-state index in [-0.39, 0.29) is 17.8 Å². The van der Waals surface area contributed by atoms with Gasteiger partial charge in [-0.15, -0.1) is 10.2 Å². The molecule has 1 aliphatic rings. The first kappa shape index (κ1) is 18.7. The van der Waals surface area contributed by atoms with Gasteiger partial charge in [-0.05, 0) is 37.5 Å². The number of carbonyl (C=O) groups is 1. The summed E-state index contributed by atoms with van der Waals surface area (Å²) in [5.74, 6) is 0.331. The number of amides is 1. The number of aromatic nitrogens is 3. The molecule has 7 heteroatoms. The molecule has 0 aliphatic heterocycles. The quantitative estimate of drug-likeness (QED) is 0.639. The fourth-order valence-corrected chi connectivity index (χ4v) is 3.90. The maximum atomic E-state index is 13.3. The van der Waals surface area contributed by atoms with Crippen LogP contribution in [0.5, 0.6) is 0 Å². The number of hydrogen-bond acceptors (Lipinski definition) is 4. The molecule has 2 aromatic carbocycles. The summed E-state index contributed by atoms with van der Waals surface area (Å²) in [5, 5.41) is 11.8. The molecule has 0 saturated heterocycles. The summed E-state index contributed by atoms with van der Waals surface area (Å²) in [4.78, 5) is 12.8. The lowest BCUT2D eigenvalue weighted by molar-refractivity contribution is -0.120. The van der Waals surface area contributed by atoms with Gasteiger partial charge in [-0.2, -0.15) is 0 Å². The van der Waals surface area contributed by atoms with Crippen LogP contribution in [0.25, 0.3) is 11.4 Å². The normalized spacial score (nSPS) is 14.7. The topological polar surface area (TPSA) is 59.8 Å². The van der Waals surface area contributed by atoms with Crippen molar-refractivity contribution < 1.29 is 9.18 Å². The number of nitrogens with zero attached hydrogens (tertiary/aromatic N) is 3. The first-order valence-electron chi connectivity index (χ1n) is 9.20. The van der Waals surface area contributed by atoms with Gasteiger partial charge in [0.25, 0.3) is 0 Å². The van der Waals surface area contributed by atoms with Gasteiger partial charge >= 0.3 is 0 Å². The van der Waals surface area contributed by atoms with Crippen LogP contribution in [0.15, 0.2) is 53.7 Å². The van der Waals surface area contributed by atoms with Gasteiger partial charge in [0.1, 0.15) is 11.1 Å². The van der Waals surface area contributed by atoms with Gasteiger partial charge < -0.3 is 9.88 Å². The molecule has 1 amide bonds. The average molecular weight is 396 g/mol. The minimum absolute atomic E-state index is 0.0843. The lowest BCUT2D eigenvalue weighted by atomic mass is 10.1. The minimum Gasteiger partial charge on any atom is -0.352 e. The summed E-state index contributed by atoms with van der Waals surface area (Å²) in [6, 6.07) is 14.4. The van der Waals surface area contributed by atoms with E-state index in [1.807, 2.05) is 42.8 Å². The Morgan fingerprint density at radius 2 is 1.82 bits per heavy atom. The van der Waals surface area contributed by atoms with E-state index in [0.29, 0.717) is 5.16 Å². The molecule has 28 heavy (non-hydrogen) atoms. The lowest BCUT2D eigenvalue weighted by Gasteiger charge is -2.16. The van der Waals surface area contributed by atoms with Crippen molar-refractivity contribution in [3.63, 3.8) is 0 Å². The van der Waals surface area contributed by atoms with Crippen molar-refractivity contribution >= 4 is 17.7 Å². The fraction of sp³-hybridized carbons (Fsp3) is 0.286. The third kappa shape index (κ3) is 4.09. The Kier molecular flexibility index (Phi) is 5.17. The molecule has 0 bridgehead atoms. The van der Waals surface area contributed by atoms with Gasteiger partial charge in [0, 0.05) is 18.7 Å².